The summed E-state index contributed by atoms with van der Waals surface area (Å²) in [5.41, 5.74) is -0.413. The minimum atomic E-state index is -0.221. The van der Waals surface area contributed by atoms with Crippen LogP contribution < -0.4 is 11.2 Å². The SMILES string of the molecule is CCn1cc(I)c(=O)n(CCC2CCCO2)c1=O. The smallest absolute Gasteiger partial charge is 0.331 e. The zero-order valence-corrected chi connectivity index (χ0v) is 12.6. The molecule has 1 aromatic rings. The Hall–Kier alpha value is -0.630. The molecule has 0 aromatic carbocycles. The van der Waals surface area contributed by atoms with E-state index >= 15 is 0 Å². The van der Waals surface area contributed by atoms with E-state index in [0.717, 1.165) is 25.9 Å². The first-order chi connectivity index (χ1) is 8.63. The highest BCUT2D eigenvalue weighted by molar-refractivity contribution is 14.1. The molecule has 0 N–H and O–H groups in total. The van der Waals surface area contributed by atoms with Gasteiger partial charge in [-0.1, -0.05) is 0 Å². The lowest BCUT2D eigenvalue weighted by Crippen LogP contribution is -2.41. The van der Waals surface area contributed by atoms with Gasteiger partial charge in [-0.25, -0.2) is 4.79 Å². The highest BCUT2D eigenvalue weighted by Gasteiger charge is 2.17. The normalized spacial score (nSPS) is 19.3. The van der Waals surface area contributed by atoms with Crippen molar-refractivity contribution < 1.29 is 4.74 Å². The molecule has 100 valence electrons. The van der Waals surface area contributed by atoms with Crippen molar-refractivity contribution in [1.29, 1.82) is 0 Å². The van der Waals surface area contributed by atoms with Crippen LogP contribution in [0, 0.1) is 3.57 Å². The van der Waals surface area contributed by atoms with Gasteiger partial charge in [0.2, 0.25) is 0 Å². The largest absolute Gasteiger partial charge is 0.378 e. The van der Waals surface area contributed by atoms with Crippen molar-refractivity contribution in [3.63, 3.8) is 0 Å². The van der Waals surface area contributed by atoms with Gasteiger partial charge in [-0.2, -0.15) is 0 Å². The molecule has 18 heavy (non-hydrogen) atoms. The maximum atomic E-state index is 12.1. The van der Waals surface area contributed by atoms with Gasteiger partial charge in [0.1, 0.15) is 0 Å². The van der Waals surface area contributed by atoms with Gasteiger partial charge in [-0.05, 0) is 48.8 Å². The average molecular weight is 364 g/mol. The van der Waals surface area contributed by atoms with E-state index in [1.165, 1.54) is 4.57 Å². The Labute approximate surface area is 119 Å². The molecule has 1 aliphatic rings. The lowest BCUT2D eigenvalue weighted by atomic mass is 10.2. The minimum absolute atomic E-state index is 0.191. The molecule has 1 fully saturated rings. The third-order valence-electron chi connectivity index (χ3n) is 3.23. The van der Waals surface area contributed by atoms with Crippen molar-refractivity contribution in [3.05, 3.63) is 30.6 Å². The average Bonchev–Trinajstić information content (AvgIpc) is 2.87. The molecule has 1 aliphatic heterocycles. The zero-order chi connectivity index (χ0) is 13.1. The van der Waals surface area contributed by atoms with Crippen molar-refractivity contribution in [2.45, 2.75) is 45.4 Å². The van der Waals surface area contributed by atoms with Gasteiger partial charge in [0.15, 0.2) is 0 Å². The summed E-state index contributed by atoms with van der Waals surface area (Å²) in [7, 11) is 0. The summed E-state index contributed by atoms with van der Waals surface area (Å²) < 4.78 is 8.99. The summed E-state index contributed by atoms with van der Waals surface area (Å²) in [5.74, 6) is 0. The van der Waals surface area contributed by atoms with Crippen molar-refractivity contribution in [3.8, 4) is 0 Å². The molecular formula is C12H17IN2O3. The first kappa shape index (κ1) is 13.8. The summed E-state index contributed by atoms with van der Waals surface area (Å²) in [6, 6.07) is 0. The van der Waals surface area contributed by atoms with Crippen LogP contribution in [-0.4, -0.2) is 21.8 Å². The van der Waals surface area contributed by atoms with E-state index in [1.54, 1.807) is 10.8 Å². The Kier molecular flexibility index (Phi) is 4.60. The Balaban J connectivity index is 2.23. The fourth-order valence-corrected chi connectivity index (χ4v) is 2.81. The molecule has 0 saturated carbocycles. The first-order valence-electron chi connectivity index (χ1n) is 6.25. The molecule has 6 heteroatoms. The van der Waals surface area contributed by atoms with Gasteiger partial charge >= 0.3 is 5.69 Å². The van der Waals surface area contributed by atoms with Crippen molar-refractivity contribution in [2.24, 2.45) is 0 Å². The van der Waals surface area contributed by atoms with E-state index in [0.29, 0.717) is 16.7 Å². The van der Waals surface area contributed by atoms with E-state index in [4.69, 9.17) is 4.74 Å². The van der Waals surface area contributed by atoms with Crippen molar-refractivity contribution >= 4 is 22.6 Å². The minimum Gasteiger partial charge on any atom is -0.378 e. The topological polar surface area (TPSA) is 53.2 Å². The molecule has 0 bridgehead atoms. The Morgan fingerprint density at radius 1 is 1.50 bits per heavy atom. The number of aromatic nitrogens is 2. The molecule has 0 spiro atoms. The van der Waals surface area contributed by atoms with E-state index in [9.17, 15) is 9.59 Å². The lowest BCUT2D eigenvalue weighted by molar-refractivity contribution is 0.0996. The quantitative estimate of drug-likeness (QED) is 0.755. The molecule has 0 radical (unpaired) electrons. The maximum Gasteiger partial charge on any atom is 0.331 e. The lowest BCUT2D eigenvalue weighted by Gasteiger charge is -2.12. The molecule has 0 amide bonds. The fraction of sp³-hybridized carbons (Fsp3) is 0.667. The monoisotopic (exact) mass is 364 g/mol. The molecule has 1 aromatic heterocycles. The Bertz CT molecular complexity index is 529. The van der Waals surface area contributed by atoms with E-state index < -0.39 is 0 Å². The zero-order valence-electron chi connectivity index (χ0n) is 10.4. The number of rotatable bonds is 4. The van der Waals surface area contributed by atoms with Gasteiger partial charge in [-0.15, -0.1) is 0 Å². The van der Waals surface area contributed by atoms with Crippen LogP contribution in [0.15, 0.2) is 15.8 Å². The van der Waals surface area contributed by atoms with Crippen molar-refractivity contribution in [2.75, 3.05) is 6.61 Å². The van der Waals surface area contributed by atoms with Crippen LogP contribution in [0.1, 0.15) is 26.2 Å². The van der Waals surface area contributed by atoms with Gasteiger partial charge in [0, 0.05) is 25.9 Å². The Morgan fingerprint density at radius 3 is 2.89 bits per heavy atom. The second-order valence-electron chi connectivity index (χ2n) is 4.43. The van der Waals surface area contributed by atoms with Crippen LogP contribution >= 0.6 is 22.6 Å². The van der Waals surface area contributed by atoms with Crippen LogP contribution in [0.4, 0.5) is 0 Å². The molecule has 1 unspecified atom stereocenters. The second kappa shape index (κ2) is 6.01. The standard InChI is InChI=1S/C12H17IN2O3/c1-2-14-8-10(13)11(16)15(12(14)17)6-5-9-4-3-7-18-9/h8-9H,2-7H2,1H3. The number of hydrogen-bond donors (Lipinski definition) is 0. The maximum absolute atomic E-state index is 12.1. The third-order valence-corrected chi connectivity index (χ3v) is 3.97. The predicted molar refractivity (Wildman–Crippen MR) is 76.9 cm³/mol. The van der Waals surface area contributed by atoms with Gasteiger partial charge < -0.3 is 4.74 Å². The van der Waals surface area contributed by atoms with E-state index in [2.05, 4.69) is 0 Å². The van der Waals surface area contributed by atoms with Crippen LogP contribution in [0.2, 0.25) is 0 Å². The second-order valence-corrected chi connectivity index (χ2v) is 5.59. The molecule has 2 rings (SSSR count). The molecule has 2 heterocycles. The van der Waals surface area contributed by atoms with Crippen LogP contribution in [0.25, 0.3) is 0 Å². The fourth-order valence-electron chi connectivity index (χ4n) is 2.19. The number of hydrogen-bond acceptors (Lipinski definition) is 3. The molecular weight excluding hydrogens is 347 g/mol. The summed E-state index contributed by atoms with van der Waals surface area (Å²) in [6.45, 7) is 3.71. The van der Waals surface area contributed by atoms with Crippen LogP contribution in [-0.2, 0) is 17.8 Å². The summed E-state index contributed by atoms with van der Waals surface area (Å²) in [4.78, 5) is 24.0. The highest BCUT2D eigenvalue weighted by atomic mass is 127. The summed E-state index contributed by atoms with van der Waals surface area (Å²) in [5, 5.41) is 0. The predicted octanol–water partition coefficient (Wildman–Crippen LogP) is 1.20. The molecule has 5 nitrogen and oxygen atoms in total. The third kappa shape index (κ3) is 2.85. The summed E-state index contributed by atoms with van der Waals surface area (Å²) in [6.07, 6.45) is 4.66. The van der Waals surface area contributed by atoms with Crippen LogP contribution in [0.3, 0.4) is 0 Å². The number of nitrogens with zero attached hydrogens (tertiary/aromatic N) is 2. The number of ether oxygens (including phenoxy) is 1. The van der Waals surface area contributed by atoms with E-state index in [-0.39, 0.29) is 17.4 Å². The molecule has 1 saturated heterocycles. The molecule has 0 aliphatic carbocycles. The number of aryl methyl sites for hydroxylation is 1. The highest BCUT2D eigenvalue weighted by Crippen LogP contribution is 2.15. The van der Waals surface area contributed by atoms with Gasteiger partial charge in [-0.3, -0.25) is 13.9 Å². The van der Waals surface area contributed by atoms with Gasteiger partial charge in [0.25, 0.3) is 5.56 Å². The van der Waals surface area contributed by atoms with Crippen molar-refractivity contribution in [1.82, 2.24) is 9.13 Å². The van der Waals surface area contributed by atoms with Crippen LogP contribution in [0.5, 0.6) is 0 Å². The number of halogens is 1. The molecule has 1 atom stereocenters. The van der Waals surface area contributed by atoms with E-state index in [1.807, 2.05) is 29.5 Å². The first-order valence-corrected chi connectivity index (χ1v) is 7.32. The Morgan fingerprint density at radius 2 is 2.28 bits per heavy atom. The summed E-state index contributed by atoms with van der Waals surface area (Å²) >= 11 is 1.98. The van der Waals surface area contributed by atoms with Gasteiger partial charge in [0.05, 0.1) is 9.67 Å².